The molecule has 106 valence electrons. The molecule has 5 nitrogen and oxygen atoms in total. The zero-order chi connectivity index (χ0) is 14.6. The second kappa shape index (κ2) is 5.64. The number of nitrogens with zero attached hydrogens (tertiary/aromatic N) is 1. The normalized spacial score (nSPS) is 11.2. The number of aromatic nitrogens is 2. The summed E-state index contributed by atoms with van der Waals surface area (Å²) in [6.07, 6.45) is -1.97. The predicted octanol–water partition coefficient (Wildman–Crippen LogP) is 2.24. The van der Waals surface area contributed by atoms with Gasteiger partial charge < -0.3 is 15.0 Å². The van der Waals surface area contributed by atoms with Gasteiger partial charge in [-0.15, -0.1) is 13.2 Å². The molecule has 0 aliphatic heterocycles. The number of rotatable bonds is 4. The Hall–Kier alpha value is -2.51. The van der Waals surface area contributed by atoms with Crippen molar-refractivity contribution in [3.05, 3.63) is 48.0 Å². The molecule has 1 amide bonds. The molecule has 0 saturated carbocycles. The highest BCUT2D eigenvalue weighted by molar-refractivity contribution is 5.91. The zero-order valence-electron chi connectivity index (χ0n) is 10.1. The smallest absolute Gasteiger partial charge is 0.406 e. The number of carbonyl (C=O) groups excluding carboxylic acids is 1. The van der Waals surface area contributed by atoms with Crippen LogP contribution in [0.1, 0.15) is 16.1 Å². The highest BCUT2D eigenvalue weighted by Gasteiger charge is 2.30. The van der Waals surface area contributed by atoms with E-state index < -0.39 is 6.36 Å². The molecule has 0 spiro atoms. The third-order valence-electron chi connectivity index (χ3n) is 2.35. The van der Waals surface area contributed by atoms with Crippen molar-refractivity contribution in [1.82, 2.24) is 15.3 Å². The monoisotopic (exact) mass is 285 g/mol. The Kier molecular flexibility index (Phi) is 3.92. The van der Waals surface area contributed by atoms with Crippen LogP contribution in [0.3, 0.4) is 0 Å². The van der Waals surface area contributed by atoms with Crippen LogP contribution in [0.15, 0.2) is 36.8 Å². The molecule has 1 aromatic carbocycles. The van der Waals surface area contributed by atoms with Gasteiger partial charge in [0.2, 0.25) is 0 Å². The Morgan fingerprint density at radius 1 is 1.30 bits per heavy atom. The van der Waals surface area contributed by atoms with E-state index in [4.69, 9.17) is 0 Å². The number of carbonyl (C=O) groups is 1. The number of hydrogen-bond acceptors (Lipinski definition) is 3. The standard InChI is InChI=1S/C12H10F3N3O2/c13-12(14,15)20-9-3-1-8(2-4-9)5-17-11(19)10-6-16-7-18-10/h1-4,6-7H,5H2,(H,16,18)(H,17,19). The van der Waals surface area contributed by atoms with Crippen molar-refractivity contribution in [2.75, 3.05) is 0 Å². The van der Waals surface area contributed by atoms with Gasteiger partial charge in [0, 0.05) is 6.54 Å². The van der Waals surface area contributed by atoms with E-state index in [1.54, 1.807) is 0 Å². The van der Waals surface area contributed by atoms with Crippen LogP contribution in [0.2, 0.25) is 0 Å². The number of amides is 1. The molecular formula is C12H10F3N3O2. The van der Waals surface area contributed by atoms with E-state index in [1.165, 1.54) is 36.8 Å². The maximum Gasteiger partial charge on any atom is 0.573 e. The molecular weight excluding hydrogens is 275 g/mol. The average molecular weight is 285 g/mol. The van der Waals surface area contributed by atoms with E-state index in [1.807, 2.05) is 0 Å². The molecule has 0 bridgehead atoms. The van der Waals surface area contributed by atoms with E-state index in [-0.39, 0.29) is 18.2 Å². The quantitative estimate of drug-likeness (QED) is 0.905. The van der Waals surface area contributed by atoms with Crippen molar-refractivity contribution in [3.63, 3.8) is 0 Å². The number of aromatic amines is 1. The second-order valence-corrected chi connectivity index (χ2v) is 3.84. The number of alkyl halides is 3. The van der Waals surface area contributed by atoms with Crippen molar-refractivity contribution in [1.29, 1.82) is 0 Å². The summed E-state index contributed by atoms with van der Waals surface area (Å²) in [5.74, 6) is -0.653. The lowest BCUT2D eigenvalue weighted by molar-refractivity contribution is -0.274. The van der Waals surface area contributed by atoms with Gasteiger partial charge in [0.25, 0.3) is 5.91 Å². The average Bonchev–Trinajstić information content (AvgIpc) is 2.89. The molecule has 0 aliphatic carbocycles. The number of nitrogens with one attached hydrogen (secondary N) is 2. The van der Waals surface area contributed by atoms with Gasteiger partial charge >= 0.3 is 6.36 Å². The maximum atomic E-state index is 12.0. The first-order valence-corrected chi connectivity index (χ1v) is 5.55. The number of benzene rings is 1. The van der Waals surface area contributed by atoms with Crippen LogP contribution < -0.4 is 10.1 Å². The third kappa shape index (κ3) is 4.01. The molecule has 1 aromatic heterocycles. The summed E-state index contributed by atoms with van der Waals surface area (Å²) in [5.41, 5.74) is 0.953. The number of hydrogen-bond donors (Lipinski definition) is 2. The van der Waals surface area contributed by atoms with Crippen LogP contribution in [-0.4, -0.2) is 22.2 Å². The highest BCUT2D eigenvalue weighted by Crippen LogP contribution is 2.22. The van der Waals surface area contributed by atoms with Crippen molar-refractivity contribution in [3.8, 4) is 5.75 Å². The van der Waals surface area contributed by atoms with Gasteiger partial charge in [-0.2, -0.15) is 0 Å². The minimum atomic E-state index is -4.71. The fourth-order valence-corrected chi connectivity index (χ4v) is 1.47. The third-order valence-corrected chi connectivity index (χ3v) is 2.35. The van der Waals surface area contributed by atoms with Crippen LogP contribution in [0.25, 0.3) is 0 Å². The van der Waals surface area contributed by atoms with Gasteiger partial charge in [-0.05, 0) is 17.7 Å². The van der Waals surface area contributed by atoms with E-state index in [2.05, 4.69) is 20.0 Å². The summed E-state index contributed by atoms with van der Waals surface area (Å²) in [6, 6.07) is 5.25. The van der Waals surface area contributed by atoms with Crippen LogP contribution in [0.5, 0.6) is 5.75 Å². The molecule has 2 N–H and O–H groups in total. The number of ether oxygens (including phenoxy) is 1. The molecule has 0 saturated heterocycles. The van der Waals surface area contributed by atoms with Gasteiger partial charge in [0.1, 0.15) is 11.4 Å². The summed E-state index contributed by atoms with van der Waals surface area (Å²) in [6.45, 7) is 0.185. The molecule has 0 fully saturated rings. The molecule has 0 radical (unpaired) electrons. The van der Waals surface area contributed by atoms with Gasteiger partial charge in [-0.1, -0.05) is 12.1 Å². The van der Waals surface area contributed by atoms with E-state index >= 15 is 0 Å². The van der Waals surface area contributed by atoms with Crippen molar-refractivity contribution < 1.29 is 22.7 Å². The summed E-state index contributed by atoms with van der Waals surface area (Å²) < 4.78 is 39.6. The molecule has 0 unspecified atom stereocenters. The summed E-state index contributed by atoms with van der Waals surface area (Å²) in [5, 5.41) is 2.60. The first-order valence-electron chi connectivity index (χ1n) is 5.55. The fourth-order valence-electron chi connectivity index (χ4n) is 1.47. The van der Waals surface area contributed by atoms with Crippen molar-refractivity contribution in [2.45, 2.75) is 12.9 Å². The fraction of sp³-hybridized carbons (Fsp3) is 0.167. The van der Waals surface area contributed by atoms with Crippen LogP contribution in [0, 0.1) is 0 Å². The zero-order valence-corrected chi connectivity index (χ0v) is 10.1. The van der Waals surface area contributed by atoms with Crippen LogP contribution in [-0.2, 0) is 6.54 Å². The first-order chi connectivity index (χ1) is 9.44. The SMILES string of the molecule is O=C(NCc1ccc(OC(F)(F)F)cc1)c1cnc[nH]1. The highest BCUT2D eigenvalue weighted by atomic mass is 19.4. The minimum absolute atomic E-state index is 0.185. The lowest BCUT2D eigenvalue weighted by Gasteiger charge is -2.09. The number of H-pyrrole nitrogens is 1. The molecule has 2 aromatic rings. The molecule has 8 heteroatoms. The Bertz CT molecular complexity index is 565. The largest absolute Gasteiger partial charge is 0.573 e. The summed E-state index contributed by atoms with van der Waals surface area (Å²) in [7, 11) is 0. The van der Waals surface area contributed by atoms with Gasteiger partial charge in [-0.3, -0.25) is 4.79 Å². The topological polar surface area (TPSA) is 67.0 Å². The van der Waals surface area contributed by atoms with Crippen LogP contribution in [0.4, 0.5) is 13.2 Å². The van der Waals surface area contributed by atoms with Gasteiger partial charge in [0.15, 0.2) is 0 Å². The summed E-state index contributed by atoms with van der Waals surface area (Å²) >= 11 is 0. The minimum Gasteiger partial charge on any atom is -0.406 e. The molecule has 0 aliphatic rings. The summed E-state index contributed by atoms with van der Waals surface area (Å²) in [4.78, 5) is 17.9. The van der Waals surface area contributed by atoms with Crippen molar-refractivity contribution >= 4 is 5.91 Å². The number of imidazole rings is 1. The lowest BCUT2D eigenvalue weighted by atomic mass is 10.2. The Labute approximate surface area is 111 Å². The predicted molar refractivity (Wildman–Crippen MR) is 62.9 cm³/mol. The Morgan fingerprint density at radius 2 is 2.00 bits per heavy atom. The van der Waals surface area contributed by atoms with E-state index in [9.17, 15) is 18.0 Å². The Balaban J connectivity index is 1.89. The molecule has 20 heavy (non-hydrogen) atoms. The van der Waals surface area contributed by atoms with E-state index in [0.29, 0.717) is 11.3 Å². The molecule has 2 rings (SSSR count). The van der Waals surface area contributed by atoms with Gasteiger partial charge in [0.05, 0.1) is 12.5 Å². The van der Waals surface area contributed by atoms with Crippen molar-refractivity contribution in [2.24, 2.45) is 0 Å². The van der Waals surface area contributed by atoms with E-state index in [0.717, 1.165) is 0 Å². The van der Waals surface area contributed by atoms with Crippen LogP contribution >= 0.6 is 0 Å². The lowest BCUT2D eigenvalue weighted by Crippen LogP contribution is -2.23. The first kappa shape index (κ1) is 13.9. The number of halogens is 3. The maximum absolute atomic E-state index is 12.0. The molecule has 0 atom stereocenters. The molecule has 1 heterocycles. The Morgan fingerprint density at radius 3 is 2.55 bits per heavy atom. The second-order valence-electron chi connectivity index (χ2n) is 3.84. The van der Waals surface area contributed by atoms with Gasteiger partial charge in [-0.25, -0.2) is 4.98 Å².